The van der Waals surface area contributed by atoms with E-state index in [4.69, 9.17) is 11.6 Å². The molecule has 0 saturated carbocycles. The summed E-state index contributed by atoms with van der Waals surface area (Å²) in [5.74, 6) is 1.26. The minimum Gasteiger partial charge on any atom is -0.324 e. The van der Waals surface area contributed by atoms with E-state index in [9.17, 15) is 0 Å². The number of rotatable bonds is 2. The third-order valence-electron chi connectivity index (χ3n) is 2.24. The molecule has 22 heavy (non-hydrogen) atoms. The Morgan fingerprint density at radius 1 is 0.773 bits per heavy atom. The minimum absolute atomic E-state index is 0.382. The molecule has 0 saturated heterocycles. The summed E-state index contributed by atoms with van der Waals surface area (Å²) in [6.07, 6.45) is 0. The fourth-order valence-corrected chi connectivity index (χ4v) is 2.54. The lowest BCUT2D eigenvalue weighted by Gasteiger charge is -2.17. The highest BCUT2D eigenvalue weighted by molar-refractivity contribution is 9.39. The fraction of sp³-hybridized carbons (Fsp3) is 0.182. The van der Waals surface area contributed by atoms with E-state index in [0.29, 0.717) is 22.6 Å². The predicted octanol–water partition coefficient (Wildman–Crippen LogP) is 6.86. The van der Waals surface area contributed by atoms with Gasteiger partial charge >= 0.3 is 0 Å². The van der Waals surface area contributed by atoms with Crippen LogP contribution in [0.1, 0.15) is 11.6 Å². The highest BCUT2D eigenvalue weighted by Gasteiger charge is 2.31. The van der Waals surface area contributed by atoms with Crippen molar-refractivity contribution in [2.24, 2.45) is 0 Å². The molecule has 118 valence electrons. The number of hydrogen-bond acceptors (Lipinski definition) is 4. The maximum Gasteiger partial charge on any atom is 0.230 e. The summed E-state index contributed by atoms with van der Waals surface area (Å²) in [6.45, 7) is 0. The van der Waals surface area contributed by atoms with E-state index in [2.05, 4.69) is 116 Å². The first-order valence-electron chi connectivity index (χ1n) is 5.49. The summed E-state index contributed by atoms with van der Waals surface area (Å²) in [5.41, 5.74) is 0.807. The zero-order valence-electron chi connectivity index (χ0n) is 10.3. The Kier molecular flexibility index (Phi) is 6.76. The number of alkyl halides is 6. The van der Waals surface area contributed by atoms with Gasteiger partial charge in [-0.25, -0.2) is 4.98 Å². The molecule has 0 amide bonds. The molecule has 1 N–H and O–H groups in total. The number of hydrogen-bond donors (Lipinski definition) is 1. The molecule has 1 heterocycles. The molecule has 0 fully saturated rings. The van der Waals surface area contributed by atoms with Crippen molar-refractivity contribution >= 4 is 119 Å². The molecule has 1 aromatic carbocycles. The molecule has 11 heteroatoms. The number of halogens is 7. The largest absolute Gasteiger partial charge is 0.324 e. The summed E-state index contributed by atoms with van der Waals surface area (Å²) in [6, 6.07) is 7.22. The van der Waals surface area contributed by atoms with Crippen LogP contribution in [0, 0.1) is 0 Å². The van der Waals surface area contributed by atoms with Gasteiger partial charge in [0.05, 0.1) is 0 Å². The van der Waals surface area contributed by atoms with Gasteiger partial charge in [0.25, 0.3) is 0 Å². The molecule has 2 aromatic rings. The lowest BCUT2D eigenvalue weighted by Crippen LogP contribution is -2.16. The van der Waals surface area contributed by atoms with Gasteiger partial charge in [0.15, 0.2) is 15.9 Å². The topological polar surface area (TPSA) is 50.7 Å². The van der Waals surface area contributed by atoms with Gasteiger partial charge in [-0.05, 0) is 24.3 Å². The van der Waals surface area contributed by atoms with Crippen LogP contribution >= 0.6 is 107 Å². The quantitative estimate of drug-likeness (QED) is 0.347. The van der Waals surface area contributed by atoms with Gasteiger partial charge in [-0.15, -0.1) is 0 Å². The van der Waals surface area contributed by atoms with Crippen LogP contribution in [0.15, 0.2) is 24.3 Å². The van der Waals surface area contributed by atoms with Crippen molar-refractivity contribution in [1.29, 1.82) is 0 Å². The van der Waals surface area contributed by atoms with E-state index >= 15 is 0 Å². The van der Waals surface area contributed by atoms with E-state index in [-0.39, 0.29) is 0 Å². The van der Waals surface area contributed by atoms with Crippen molar-refractivity contribution in [3.8, 4) is 0 Å². The second-order valence-corrected chi connectivity index (χ2v) is 17.9. The van der Waals surface area contributed by atoms with E-state index < -0.39 is 4.29 Å². The zero-order chi connectivity index (χ0) is 16.5. The highest BCUT2D eigenvalue weighted by Crippen LogP contribution is 2.46. The summed E-state index contributed by atoms with van der Waals surface area (Å²) in [4.78, 5) is 13.1. The van der Waals surface area contributed by atoms with E-state index in [1.54, 1.807) is 12.1 Å². The first kappa shape index (κ1) is 19.5. The molecule has 4 nitrogen and oxygen atoms in total. The van der Waals surface area contributed by atoms with E-state index in [1.807, 2.05) is 12.1 Å². The lowest BCUT2D eigenvalue weighted by molar-refractivity contribution is 0.893. The summed E-state index contributed by atoms with van der Waals surface area (Å²) in [5, 5.41) is 3.77. The van der Waals surface area contributed by atoms with Crippen LogP contribution in [-0.4, -0.2) is 15.0 Å². The molecule has 0 atom stereocenters. The first-order chi connectivity index (χ1) is 10.1. The number of anilines is 2. The van der Waals surface area contributed by atoms with Gasteiger partial charge in [-0.1, -0.05) is 107 Å². The van der Waals surface area contributed by atoms with Gasteiger partial charge < -0.3 is 5.32 Å². The van der Waals surface area contributed by atoms with Crippen molar-refractivity contribution < 1.29 is 0 Å². The van der Waals surface area contributed by atoms with Crippen molar-refractivity contribution in [1.82, 2.24) is 15.0 Å². The zero-order valence-corrected chi connectivity index (χ0v) is 20.6. The smallest absolute Gasteiger partial charge is 0.230 e. The van der Waals surface area contributed by atoms with Gasteiger partial charge in [0.1, 0.15) is 0 Å². The molecule has 0 unspecified atom stereocenters. The Morgan fingerprint density at radius 3 is 1.64 bits per heavy atom. The summed E-state index contributed by atoms with van der Waals surface area (Å²) < 4.78 is -1.53. The van der Waals surface area contributed by atoms with Crippen molar-refractivity contribution in [3.05, 3.63) is 40.9 Å². The van der Waals surface area contributed by atoms with Crippen molar-refractivity contribution in [3.63, 3.8) is 0 Å². The highest BCUT2D eigenvalue weighted by atomic mass is 80.0. The standard InChI is InChI=1S/C11H5Br6ClN4/c12-10(13,14)7-20-8(11(15,16)17)22-9(21-7)19-6-3-1-5(18)2-4-6/h1-4H,(H,19,20,21,22). The van der Waals surface area contributed by atoms with Gasteiger partial charge in [-0.2, -0.15) is 9.97 Å². The third-order valence-corrected chi connectivity index (χ3v) is 4.62. The van der Waals surface area contributed by atoms with Crippen molar-refractivity contribution in [2.75, 3.05) is 5.32 Å². The van der Waals surface area contributed by atoms with E-state index in [1.165, 1.54) is 0 Å². The average molecular weight is 708 g/mol. The number of nitrogens with one attached hydrogen (secondary N) is 1. The van der Waals surface area contributed by atoms with Crippen LogP contribution in [0.5, 0.6) is 0 Å². The van der Waals surface area contributed by atoms with E-state index in [0.717, 1.165) is 5.69 Å². The maximum atomic E-state index is 5.88. The Bertz CT molecular complexity index is 636. The second-order valence-electron chi connectivity index (χ2n) is 3.93. The summed E-state index contributed by atoms with van der Waals surface area (Å²) >= 11 is 26.3. The molecule has 0 aliphatic heterocycles. The second kappa shape index (κ2) is 7.61. The predicted molar refractivity (Wildman–Crippen MR) is 111 cm³/mol. The number of aromatic nitrogens is 3. The Labute approximate surface area is 182 Å². The normalized spacial score (nSPS) is 12.3. The fourth-order valence-electron chi connectivity index (χ4n) is 1.35. The Hall–Kier alpha value is 1.20. The molecule has 0 bridgehead atoms. The SMILES string of the molecule is Clc1ccc(Nc2nc(C(Br)(Br)Br)nc(C(Br)(Br)Br)n2)cc1. The van der Waals surface area contributed by atoms with Crippen molar-refractivity contribution in [2.45, 2.75) is 4.29 Å². The summed E-state index contributed by atoms with van der Waals surface area (Å²) in [7, 11) is 0. The number of nitrogens with zero attached hydrogens (tertiary/aromatic N) is 3. The van der Waals surface area contributed by atoms with Crippen LogP contribution < -0.4 is 5.32 Å². The van der Waals surface area contributed by atoms with Crippen LogP contribution in [-0.2, 0) is 4.29 Å². The van der Waals surface area contributed by atoms with Crippen LogP contribution in [0.3, 0.4) is 0 Å². The van der Waals surface area contributed by atoms with Gasteiger partial charge in [0, 0.05) is 10.7 Å². The third kappa shape index (κ3) is 5.63. The molecule has 0 spiro atoms. The molecule has 0 aliphatic rings. The molecular weight excluding hydrogens is 703 g/mol. The van der Waals surface area contributed by atoms with Crippen LogP contribution in [0.2, 0.25) is 5.02 Å². The first-order valence-corrected chi connectivity index (χ1v) is 10.6. The monoisotopic (exact) mass is 702 g/mol. The minimum atomic E-state index is -0.765. The Balaban J connectivity index is 2.44. The molecule has 0 aliphatic carbocycles. The molecular formula is C11H5Br6ClN4. The van der Waals surface area contributed by atoms with Crippen LogP contribution in [0.25, 0.3) is 0 Å². The van der Waals surface area contributed by atoms with Gasteiger partial charge in [0.2, 0.25) is 5.95 Å². The lowest BCUT2D eigenvalue weighted by atomic mass is 10.3. The van der Waals surface area contributed by atoms with Gasteiger partial charge in [-0.3, -0.25) is 0 Å². The molecule has 0 radical (unpaired) electrons. The van der Waals surface area contributed by atoms with Crippen LogP contribution in [0.4, 0.5) is 11.6 Å². The molecule has 1 aromatic heterocycles. The molecule has 2 rings (SSSR count). The Morgan fingerprint density at radius 2 is 1.23 bits per heavy atom. The average Bonchev–Trinajstić information content (AvgIpc) is 2.39. The maximum absolute atomic E-state index is 5.88. The number of benzene rings is 1.